The predicted molar refractivity (Wildman–Crippen MR) is 75.0 cm³/mol. The fraction of sp³-hybridized carbons (Fsp3) is 0.500. The molecule has 5 heteroatoms. The summed E-state index contributed by atoms with van der Waals surface area (Å²) in [4.78, 5) is 10.2. The van der Waals surface area contributed by atoms with Crippen LogP contribution < -0.4 is 5.32 Å². The minimum absolute atomic E-state index is 0.0581. The lowest BCUT2D eigenvalue weighted by Gasteiger charge is -2.24. The summed E-state index contributed by atoms with van der Waals surface area (Å²) >= 11 is 0. The van der Waals surface area contributed by atoms with Gasteiger partial charge in [0.2, 0.25) is 0 Å². The number of nitriles is 1. The fourth-order valence-corrected chi connectivity index (χ4v) is 2.22. The number of non-ortho nitro benzene ring substituents is 1. The van der Waals surface area contributed by atoms with Crippen molar-refractivity contribution < 1.29 is 4.92 Å². The molecule has 102 valence electrons. The van der Waals surface area contributed by atoms with Gasteiger partial charge in [0, 0.05) is 18.2 Å². The molecular weight excluding hydrogens is 242 g/mol. The molecule has 0 saturated carbocycles. The van der Waals surface area contributed by atoms with E-state index in [1.54, 1.807) is 6.07 Å². The summed E-state index contributed by atoms with van der Waals surface area (Å²) in [5, 5.41) is 23.0. The van der Waals surface area contributed by atoms with Crippen LogP contribution in [0.3, 0.4) is 0 Å². The average molecular weight is 261 g/mol. The quantitative estimate of drug-likeness (QED) is 0.625. The molecule has 1 atom stereocenters. The maximum absolute atomic E-state index is 10.7. The lowest BCUT2D eigenvalue weighted by atomic mass is 9.95. The molecule has 1 aromatic rings. The average Bonchev–Trinajstić information content (AvgIpc) is 2.40. The van der Waals surface area contributed by atoms with Gasteiger partial charge in [-0.1, -0.05) is 26.7 Å². The molecule has 0 aliphatic heterocycles. The van der Waals surface area contributed by atoms with Crippen molar-refractivity contribution in [2.24, 2.45) is 5.92 Å². The van der Waals surface area contributed by atoms with E-state index in [0.717, 1.165) is 12.8 Å². The van der Waals surface area contributed by atoms with Crippen LogP contribution in [0.5, 0.6) is 0 Å². The van der Waals surface area contributed by atoms with Crippen molar-refractivity contribution in [1.29, 1.82) is 5.26 Å². The van der Waals surface area contributed by atoms with Crippen molar-refractivity contribution in [2.45, 2.75) is 39.7 Å². The Labute approximate surface area is 113 Å². The number of hydrogen-bond donors (Lipinski definition) is 1. The molecule has 0 saturated heterocycles. The standard InChI is InChI=1S/C14H19N3O2/c1-4-11(5-2)10(3)16-14-7-6-13(17(18)19)8-12(14)9-15/h6-8,10-11,16H,4-5H2,1-3H3. The van der Waals surface area contributed by atoms with Crippen LogP contribution in [0.2, 0.25) is 0 Å². The summed E-state index contributed by atoms with van der Waals surface area (Å²) in [6.45, 7) is 6.33. The molecule has 5 nitrogen and oxygen atoms in total. The van der Waals surface area contributed by atoms with Gasteiger partial charge in [-0.25, -0.2) is 0 Å². The van der Waals surface area contributed by atoms with Gasteiger partial charge in [0.15, 0.2) is 0 Å². The van der Waals surface area contributed by atoms with Gasteiger partial charge in [-0.15, -0.1) is 0 Å². The van der Waals surface area contributed by atoms with E-state index in [4.69, 9.17) is 5.26 Å². The molecule has 0 bridgehead atoms. The van der Waals surface area contributed by atoms with Crippen molar-refractivity contribution in [1.82, 2.24) is 0 Å². The first-order chi connectivity index (χ1) is 9.03. The number of nitro groups is 1. The smallest absolute Gasteiger partial charge is 0.270 e. The third-order valence-electron chi connectivity index (χ3n) is 3.47. The summed E-state index contributed by atoms with van der Waals surface area (Å²) in [5.74, 6) is 0.515. The molecule has 0 aliphatic rings. The van der Waals surface area contributed by atoms with Crippen molar-refractivity contribution in [3.63, 3.8) is 0 Å². The van der Waals surface area contributed by atoms with E-state index >= 15 is 0 Å². The Kier molecular flexibility index (Phi) is 5.31. The van der Waals surface area contributed by atoms with Gasteiger partial charge >= 0.3 is 0 Å². The summed E-state index contributed by atoms with van der Waals surface area (Å²) in [7, 11) is 0. The molecule has 0 spiro atoms. The molecular formula is C14H19N3O2. The molecule has 1 unspecified atom stereocenters. The highest BCUT2D eigenvalue weighted by Crippen LogP contribution is 2.24. The Hall–Kier alpha value is -2.09. The number of nitrogens with zero attached hydrogens (tertiary/aromatic N) is 2. The van der Waals surface area contributed by atoms with E-state index in [1.807, 2.05) is 6.07 Å². The van der Waals surface area contributed by atoms with Crippen LogP contribution >= 0.6 is 0 Å². The van der Waals surface area contributed by atoms with E-state index in [2.05, 4.69) is 26.1 Å². The van der Waals surface area contributed by atoms with Crippen LogP contribution in [-0.4, -0.2) is 11.0 Å². The van der Waals surface area contributed by atoms with Crippen LogP contribution in [-0.2, 0) is 0 Å². The normalized spacial score (nSPS) is 11.9. The van der Waals surface area contributed by atoms with Gasteiger partial charge in [-0.05, 0) is 18.9 Å². The molecule has 0 aliphatic carbocycles. The SMILES string of the molecule is CCC(CC)C(C)Nc1ccc([N+](=O)[O-])cc1C#N. The zero-order valence-electron chi connectivity index (χ0n) is 11.5. The Morgan fingerprint density at radius 1 is 1.42 bits per heavy atom. The lowest BCUT2D eigenvalue weighted by Crippen LogP contribution is -2.25. The number of nitrogens with one attached hydrogen (secondary N) is 1. The third-order valence-corrected chi connectivity index (χ3v) is 3.47. The van der Waals surface area contributed by atoms with E-state index in [9.17, 15) is 10.1 Å². The summed E-state index contributed by atoms with van der Waals surface area (Å²) in [5.41, 5.74) is 0.914. The Morgan fingerprint density at radius 2 is 2.05 bits per heavy atom. The first-order valence-corrected chi connectivity index (χ1v) is 6.48. The molecule has 0 aromatic heterocycles. The van der Waals surface area contributed by atoms with Crippen molar-refractivity contribution in [2.75, 3.05) is 5.32 Å². The first-order valence-electron chi connectivity index (χ1n) is 6.48. The van der Waals surface area contributed by atoms with Gasteiger partial charge in [0.05, 0.1) is 16.2 Å². The Bertz CT molecular complexity index is 490. The maximum atomic E-state index is 10.7. The summed E-state index contributed by atoms with van der Waals surface area (Å²) < 4.78 is 0. The second-order valence-electron chi connectivity index (χ2n) is 4.61. The van der Waals surface area contributed by atoms with Crippen molar-refractivity contribution in [3.05, 3.63) is 33.9 Å². The molecule has 1 rings (SSSR count). The summed E-state index contributed by atoms with van der Waals surface area (Å²) in [6.07, 6.45) is 2.11. The van der Waals surface area contributed by atoms with Gasteiger partial charge in [0.25, 0.3) is 5.69 Å². The largest absolute Gasteiger partial charge is 0.381 e. The van der Waals surface area contributed by atoms with Crippen LogP contribution in [0.25, 0.3) is 0 Å². The van der Waals surface area contributed by atoms with Crippen LogP contribution in [0.15, 0.2) is 18.2 Å². The number of rotatable bonds is 6. The highest BCUT2D eigenvalue weighted by molar-refractivity contribution is 5.61. The van der Waals surface area contributed by atoms with E-state index < -0.39 is 4.92 Å². The third kappa shape index (κ3) is 3.68. The molecule has 0 fully saturated rings. The highest BCUT2D eigenvalue weighted by Gasteiger charge is 2.16. The molecule has 0 heterocycles. The van der Waals surface area contributed by atoms with Gasteiger partial charge < -0.3 is 5.32 Å². The van der Waals surface area contributed by atoms with Gasteiger partial charge in [-0.2, -0.15) is 5.26 Å². The minimum Gasteiger partial charge on any atom is -0.381 e. The predicted octanol–water partition coefficient (Wildman–Crippen LogP) is 3.70. The lowest BCUT2D eigenvalue weighted by molar-refractivity contribution is -0.384. The second kappa shape index (κ2) is 6.74. The Morgan fingerprint density at radius 3 is 2.53 bits per heavy atom. The zero-order chi connectivity index (χ0) is 14.4. The fourth-order valence-electron chi connectivity index (χ4n) is 2.22. The first kappa shape index (κ1) is 15.0. The van der Waals surface area contributed by atoms with Gasteiger partial charge in [0.1, 0.15) is 6.07 Å². The molecule has 0 radical (unpaired) electrons. The maximum Gasteiger partial charge on any atom is 0.270 e. The van der Waals surface area contributed by atoms with Gasteiger partial charge in [-0.3, -0.25) is 10.1 Å². The van der Waals surface area contributed by atoms with Crippen molar-refractivity contribution >= 4 is 11.4 Å². The second-order valence-corrected chi connectivity index (χ2v) is 4.61. The number of nitro benzene ring substituents is 1. The number of benzene rings is 1. The molecule has 1 aromatic carbocycles. The molecule has 0 amide bonds. The minimum atomic E-state index is -0.491. The molecule has 19 heavy (non-hydrogen) atoms. The van der Waals surface area contributed by atoms with Crippen molar-refractivity contribution in [3.8, 4) is 6.07 Å². The molecule has 1 N–H and O–H groups in total. The highest BCUT2D eigenvalue weighted by atomic mass is 16.6. The van der Waals surface area contributed by atoms with Crippen LogP contribution in [0.1, 0.15) is 39.2 Å². The van der Waals surface area contributed by atoms with Crippen LogP contribution in [0, 0.1) is 27.4 Å². The van der Waals surface area contributed by atoms with E-state index in [-0.39, 0.29) is 11.7 Å². The zero-order valence-corrected chi connectivity index (χ0v) is 11.5. The Balaban J connectivity index is 2.96. The van der Waals surface area contributed by atoms with E-state index in [0.29, 0.717) is 17.2 Å². The topological polar surface area (TPSA) is 79.0 Å². The number of anilines is 1. The van der Waals surface area contributed by atoms with Crippen LogP contribution in [0.4, 0.5) is 11.4 Å². The summed E-state index contributed by atoms with van der Waals surface area (Å²) in [6, 6.07) is 6.56. The number of hydrogen-bond acceptors (Lipinski definition) is 4. The van der Waals surface area contributed by atoms with E-state index in [1.165, 1.54) is 12.1 Å². The monoisotopic (exact) mass is 261 g/mol.